The van der Waals surface area contributed by atoms with Gasteiger partial charge in [0.1, 0.15) is 0 Å². The van der Waals surface area contributed by atoms with Crippen LogP contribution in [0, 0.1) is 13.8 Å². The van der Waals surface area contributed by atoms with E-state index in [4.69, 9.17) is 4.74 Å². The number of carbonyl (C=O) groups excluding carboxylic acids is 2. The molecule has 2 heterocycles. The minimum absolute atomic E-state index is 0.213. The number of benzene rings is 1. The molecule has 0 unspecified atom stereocenters. The normalized spacial score (nSPS) is 10.5. The van der Waals surface area contributed by atoms with E-state index in [-0.39, 0.29) is 13.2 Å². The highest BCUT2D eigenvalue weighted by atomic mass is 32.1. The molecule has 1 aromatic carbocycles. The number of nitrogens with one attached hydrogen (secondary N) is 1. The lowest BCUT2D eigenvalue weighted by atomic mass is 10.1. The minimum Gasteiger partial charge on any atom is -0.454 e. The molecular formula is C17H17N5O3S. The number of carbonyl (C=O) groups is 2. The molecule has 2 aromatic heterocycles. The van der Waals surface area contributed by atoms with Crippen molar-refractivity contribution in [1.29, 1.82) is 0 Å². The molecule has 0 atom stereocenters. The van der Waals surface area contributed by atoms with E-state index < -0.39 is 11.9 Å². The maximum absolute atomic E-state index is 11.9. The van der Waals surface area contributed by atoms with Gasteiger partial charge in [0, 0.05) is 5.69 Å². The summed E-state index contributed by atoms with van der Waals surface area (Å²) >= 11 is 1.48. The van der Waals surface area contributed by atoms with Crippen molar-refractivity contribution >= 4 is 28.9 Å². The molecule has 0 fully saturated rings. The van der Waals surface area contributed by atoms with Crippen molar-refractivity contribution < 1.29 is 14.3 Å². The van der Waals surface area contributed by atoms with E-state index >= 15 is 0 Å². The highest BCUT2D eigenvalue weighted by Gasteiger charge is 2.12. The lowest BCUT2D eigenvalue weighted by Crippen LogP contribution is -2.23. The van der Waals surface area contributed by atoms with Crippen LogP contribution in [0.15, 0.2) is 35.7 Å². The predicted octanol–water partition coefficient (Wildman–Crippen LogP) is 2.20. The maximum atomic E-state index is 11.9. The molecule has 134 valence electrons. The van der Waals surface area contributed by atoms with Gasteiger partial charge in [0.2, 0.25) is 5.82 Å². The Morgan fingerprint density at radius 2 is 2.00 bits per heavy atom. The number of tetrazole rings is 1. The number of hydrogen-bond acceptors (Lipinski definition) is 7. The molecule has 0 bridgehead atoms. The first-order chi connectivity index (χ1) is 12.5. The van der Waals surface area contributed by atoms with Crippen LogP contribution in [0.1, 0.15) is 11.1 Å². The molecule has 1 N–H and O–H groups in total. The molecule has 0 saturated carbocycles. The smallest absolute Gasteiger partial charge is 0.330 e. The third kappa shape index (κ3) is 4.73. The monoisotopic (exact) mass is 371 g/mol. The van der Waals surface area contributed by atoms with Crippen molar-refractivity contribution in [3.8, 4) is 10.7 Å². The van der Waals surface area contributed by atoms with Crippen LogP contribution in [-0.2, 0) is 20.9 Å². The third-order valence-corrected chi connectivity index (χ3v) is 4.20. The zero-order valence-electron chi connectivity index (χ0n) is 14.3. The van der Waals surface area contributed by atoms with Gasteiger partial charge in [-0.05, 0) is 53.8 Å². The van der Waals surface area contributed by atoms with Gasteiger partial charge in [0.25, 0.3) is 5.91 Å². The first kappa shape index (κ1) is 17.7. The standard InChI is InChI=1S/C17H17N5O3S/c1-11-6-12(2)8-13(7-11)18-15(23)10-25-16(24)9-22-20-17(19-21-22)14-4-3-5-26-14/h3-8H,9-10H2,1-2H3,(H,18,23). The van der Waals surface area contributed by atoms with Crippen molar-refractivity contribution in [2.75, 3.05) is 11.9 Å². The zero-order chi connectivity index (χ0) is 18.5. The van der Waals surface area contributed by atoms with Gasteiger partial charge in [-0.3, -0.25) is 4.79 Å². The first-order valence-electron chi connectivity index (χ1n) is 7.85. The van der Waals surface area contributed by atoms with Crippen molar-refractivity contribution in [2.45, 2.75) is 20.4 Å². The Morgan fingerprint density at radius 1 is 1.23 bits per heavy atom. The van der Waals surface area contributed by atoms with E-state index in [1.54, 1.807) is 0 Å². The maximum Gasteiger partial charge on any atom is 0.330 e. The summed E-state index contributed by atoms with van der Waals surface area (Å²) < 4.78 is 4.96. The van der Waals surface area contributed by atoms with Crippen molar-refractivity contribution in [3.05, 3.63) is 46.8 Å². The number of anilines is 1. The molecule has 0 spiro atoms. The summed E-state index contributed by atoms with van der Waals surface area (Å²) in [4.78, 5) is 25.8. The SMILES string of the molecule is Cc1cc(C)cc(NC(=O)COC(=O)Cn2nnc(-c3cccs3)n2)c1. The van der Waals surface area contributed by atoms with Gasteiger partial charge >= 0.3 is 5.97 Å². The summed E-state index contributed by atoms with van der Waals surface area (Å²) in [7, 11) is 0. The summed E-state index contributed by atoms with van der Waals surface area (Å²) in [6.07, 6.45) is 0. The Labute approximate surface area is 153 Å². The van der Waals surface area contributed by atoms with Crippen LogP contribution in [0.4, 0.5) is 5.69 Å². The van der Waals surface area contributed by atoms with Crippen LogP contribution in [0.3, 0.4) is 0 Å². The molecular weight excluding hydrogens is 354 g/mol. The van der Waals surface area contributed by atoms with E-state index in [0.29, 0.717) is 11.5 Å². The zero-order valence-corrected chi connectivity index (χ0v) is 15.1. The third-order valence-electron chi connectivity index (χ3n) is 3.33. The fourth-order valence-electron chi connectivity index (χ4n) is 2.37. The molecule has 3 aromatic rings. The van der Waals surface area contributed by atoms with Crippen molar-refractivity contribution in [2.24, 2.45) is 0 Å². The van der Waals surface area contributed by atoms with E-state index in [1.165, 1.54) is 11.3 Å². The van der Waals surface area contributed by atoms with E-state index in [1.807, 2.05) is 49.6 Å². The summed E-state index contributed by atoms with van der Waals surface area (Å²) in [5.74, 6) is -0.578. The molecule has 0 aliphatic heterocycles. The Bertz CT molecular complexity index is 900. The van der Waals surface area contributed by atoms with Gasteiger partial charge in [-0.25, -0.2) is 4.79 Å². The second-order valence-corrected chi connectivity index (χ2v) is 6.65. The van der Waals surface area contributed by atoms with Gasteiger partial charge in [-0.15, -0.1) is 21.5 Å². The van der Waals surface area contributed by atoms with Crippen LogP contribution >= 0.6 is 11.3 Å². The molecule has 26 heavy (non-hydrogen) atoms. The second kappa shape index (κ2) is 7.87. The lowest BCUT2D eigenvalue weighted by molar-refractivity contribution is -0.148. The Balaban J connectivity index is 1.48. The number of nitrogens with zero attached hydrogens (tertiary/aromatic N) is 4. The van der Waals surface area contributed by atoms with Gasteiger partial charge in [-0.2, -0.15) is 4.80 Å². The Morgan fingerprint density at radius 3 is 2.69 bits per heavy atom. The lowest BCUT2D eigenvalue weighted by Gasteiger charge is -2.08. The molecule has 0 saturated heterocycles. The van der Waals surface area contributed by atoms with Crippen LogP contribution < -0.4 is 5.32 Å². The first-order valence-corrected chi connectivity index (χ1v) is 8.73. The summed E-state index contributed by atoms with van der Waals surface area (Å²) in [6.45, 7) is 3.30. The van der Waals surface area contributed by atoms with Gasteiger partial charge < -0.3 is 10.1 Å². The molecule has 0 aliphatic rings. The number of thiophene rings is 1. The van der Waals surface area contributed by atoms with Crippen LogP contribution in [0.25, 0.3) is 10.7 Å². The minimum atomic E-state index is -0.615. The number of amides is 1. The van der Waals surface area contributed by atoms with Gasteiger partial charge in [0.15, 0.2) is 13.2 Å². The average Bonchev–Trinajstić information content (AvgIpc) is 3.23. The van der Waals surface area contributed by atoms with Crippen LogP contribution in [-0.4, -0.2) is 38.7 Å². The fraction of sp³-hybridized carbons (Fsp3) is 0.235. The Hall–Kier alpha value is -3.07. The highest BCUT2D eigenvalue weighted by molar-refractivity contribution is 7.13. The van der Waals surface area contributed by atoms with Crippen LogP contribution in [0.5, 0.6) is 0 Å². The molecule has 1 amide bonds. The number of rotatable bonds is 6. The van der Waals surface area contributed by atoms with Gasteiger partial charge in [-0.1, -0.05) is 12.1 Å². The number of aromatic nitrogens is 4. The number of ether oxygens (including phenoxy) is 1. The summed E-state index contributed by atoms with van der Waals surface area (Å²) in [5, 5.41) is 16.4. The Kier molecular flexibility index (Phi) is 5.37. The summed E-state index contributed by atoms with van der Waals surface area (Å²) in [5.41, 5.74) is 2.74. The topological polar surface area (TPSA) is 99.0 Å². The van der Waals surface area contributed by atoms with Crippen molar-refractivity contribution in [1.82, 2.24) is 20.2 Å². The van der Waals surface area contributed by atoms with E-state index in [9.17, 15) is 9.59 Å². The number of hydrogen-bond donors (Lipinski definition) is 1. The molecule has 0 radical (unpaired) electrons. The quantitative estimate of drug-likeness (QED) is 0.667. The number of aryl methyl sites for hydroxylation is 2. The molecule has 8 nitrogen and oxygen atoms in total. The molecule has 3 rings (SSSR count). The molecule has 9 heteroatoms. The fourth-order valence-corrected chi connectivity index (χ4v) is 3.01. The predicted molar refractivity (Wildman–Crippen MR) is 96.6 cm³/mol. The van der Waals surface area contributed by atoms with Crippen LogP contribution in [0.2, 0.25) is 0 Å². The van der Waals surface area contributed by atoms with Crippen molar-refractivity contribution in [3.63, 3.8) is 0 Å². The largest absolute Gasteiger partial charge is 0.454 e. The van der Waals surface area contributed by atoms with Gasteiger partial charge in [0.05, 0.1) is 4.88 Å². The summed E-state index contributed by atoms with van der Waals surface area (Å²) in [6, 6.07) is 9.44. The number of esters is 1. The highest BCUT2D eigenvalue weighted by Crippen LogP contribution is 2.19. The average molecular weight is 371 g/mol. The second-order valence-electron chi connectivity index (χ2n) is 5.71. The van der Waals surface area contributed by atoms with E-state index in [0.717, 1.165) is 20.8 Å². The van der Waals surface area contributed by atoms with E-state index in [2.05, 4.69) is 20.7 Å². The molecule has 0 aliphatic carbocycles.